The average molecular weight is 445 g/mol. The number of amides is 1. The monoisotopic (exact) mass is 443 g/mol. The highest BCUT2D eigenvalue weighted by Crippen LogP contribution is 2.32. The van der Waals surface area contributed by atoms with Gasteiger partial charge in [-0.25, -0.2) is 4.98 Å². The molecule has 0 bridgehead atoms. The number of halogens is 3. The van der Waals surface area contributed by atoms with Crippen molar-refractivity contribution in [2.24, 2.45) is 0 Å². The smallest absolute Gasteiger partial charge is 0.273 e. The minimum absolute atomic E-state index is 0. The van der Waals surface area contributed by atoms with Crippen molar-refractivity contribution >= 4 is 69.3 Å². The van der Waals surface area contributed by atoms with E-state index in [1.807, 2.05) is 28.8 Å². The topological polar surface area (TPSA) is 45.2 Å². The molecule has 3 heterocycles. The summed E-state index contributed by atoms with van der Waals surface area (Å²) in [6, 6.07) is 2.31. The van der Waals surface area contributed by atoms with Crippen molar-refractivity contribution in [3.8, 4) is 9.88 Å². The van der Waals surface area contributed by atoms with Crippen molar-refractivity contribution in [2.75, 3.05) is 20.1 Å². The number of carbonyl (C=O) groups excluding carboxylic acids is 1. The minimum Gasteiger partial charge on any atom is -0.336 e. The maximum atomic E-state index is 12.4. The molecule has 0 radical (unpaired) electrons. The van der Waals surface area contributed by atoms with Crippen molar-refractivity contribution < 1.29 is 4.79 Å². The molecular weight excluding hydrogens is 429 g/mol. The normalized spacial score (nSPS) is 16.7. The van der Waals surface area contributed by atoms with E-state index >= 15 is 0 Å². The van der Waals surface area contributed by atoms with Crippen LogP contribution in [-0.2, 0) is 0 Å². The molecule has 1 aliphatic heterocycles. The molecule has 2 aromatic heterocycles. The zero-order chi connectivity index (χ0) is 14.1. The third-order valence-corrected chi connectivity index (χ3v) is 6.11. The van der Waals surface area contributed by atoms with Crippen molar-refractivity contribution in [3.63, 3.8) is 0 Å². The molecule has 1 N–H and O–H groups in total. The summed E-state index contributed by atoms with van der Waals surface area (Å²) < 4.78 is 1.05. The Kier molecular flexibility index (Phi) is 7.78. The highest BCUT2D eigenvalue weighted by atomic mass is 79.9. The Labute approximate surface area is 158 Å². The molecule has 1 atom stereocenters. The van der Waals surface area contributed by atoms with E-state index in [0.29, 0.717) is 5.69 Å². The first-order chi connectivity index (χ1) is 9.65. The Bertz CT molecular complexity index is 628. The van der Waals surface area contributed by atoms with Gasteiger partial charge in [-0.15, -0.1) is 47.5 Å². The number of nitrogens with zero attached hydrogens (tertiary/aromatic N) is 2. The molecule has 0 aliphatic carbocycles. The van der Waals surface area contributed by atoms with Crippen LogP contribution in [0.25, 0.3) is 9.88 Å². The number of thiazole rings is 1. The lowest BCUT2D eigenvalue weighted by atomic mass is 10.2. The van der Waals surface area contributed by atoms with Gasteiger partial charge in [-0.3, -0.25) is 4.79 Å². The summed E-state index contributed by atoms with van der Waals surface area (Å²) in [4.78, 5) is 19.8. The predicted octanol–water partition coefficient (Wildman–Crippen LogP) is 3.91. The maximum absolute atomic E-state index is 12.4. The number of nitrogens with one attached hydrogen (secondary N) is 1. The van der Waals surface area contributed by atoms with Crippen LogP contribution in [0, 0.1) is 0 Å². The second-order valence-corrected chi connectivity index (χ2v) is 7.41. The van der Waals surface area contributed by atoms with Crippen LogP contribution >= 0.6 is 63.4 Å². The largest absolute Gasteiger partial charge is 0.336 e. The Balaban J connectivity index is 0.00000121. The van der Waals surface area contributed by atoms with Gasteiger partial charge in [-0.2, -0.15) is 0 Å². The molecule has 22 heavy (non-hydrogen) atoms. The molecule has 1 amide bonds. The summed E-state index contributed by atoms with van der Waals surface area (Å²) in [7, 11) is 1.86. The fourth-order valence-corrected chi connectivity index (χ4v) is 4.53. The van der Waals surface area contributed by atoms with E-state index in [1.54, 1.807) is 11.3 Å². The number of rotatable bonds is 3. The number of hydrogen-bond donors (Lipinski definition) is 1. The van der Waals surface area contributed by atoms with Crippen LogP contribution in [0.2, 0.25) is 0 Å². The van der Waals surface area contributed by atoms with Crippen molar-refractivity contribution in [1.29, 1.82) is 0 Å². The maximum Gasteiger partial charge on any atom is 0.273 e. The van der Waals surface area contributed by atoms with E-state index in [0.717, 1.165) is 33.9 Å². The Hall–Kier alpha value is -0.180. The second kappa shape index (κ2) is 8.61. The van der Waals surface area contributed by atoms with Gasteiger partial charge in [0, 0.05) is 34.9 Å². The minimum atomic E-state index is 0. The molecule has 3 rings (SSSR count). The highest BCUT2D eigenvalue weighted by Gasteiger charge is 2.25. The molecule has 1 saturated heterocycles. The molecular formula is C13H16BrCl2N3OS2. The van der Waals surface area contributed by atoms with Crippen molar-refractivity contribution in [3.05, 3.63) is 27.0 Å². The highest BCUT2D eigenvalue weighted by molar-refractivity contribution is 9.10. The van der Waals surface area contributed by atoms with Crippen LogP contribution in [0.3, 0.4) is 0 Å². The molecule has 0 saturated carbocycles. The molecule has 4 nitrogen and oxygen atoms in total. The molecule has 1 fully saturated rings. The Morgan fingerprint density at radius 2 is 2.18 bits per heavy atom. The van der Waals surface area contributed by atoms with Gasteiger partial charge >= 0.3 is 0 Å². The van der Waals surface area contributed by atoms with Crippen LogP contribution in [-0.4, -0.2) is 42.0 Å². The predicted molar refractivity (Wildman–Crippen MR) is 101 cm³/mol. The SMILES string of the molecule is CN(C(=O)c1csc(-c2cc(Br)cs2)n1)C1CCNC1.Cl.Cl. The summed E-state index contributed by atoms with van der Waals surface area (Å²) in [5.41, 5.74) is 0.545. The molecule has 9 heteroatoms. The summed E-state index contributed by atoms with van der Waals surface area (Å²) in [6.45, 7) is 1.85. The summed E-state index contributed by atoms with van der Waals surface area (Å²) in [6.07, 6.45) is 1.01. The molecule has 1 aliphatic rings. The Morgan fingerprint density at radius 3 is 2.77 bits per heavy atom. The Morgan fingerprint density at radius 1 is 1.41 bits per heavy atom. The molecule has 0 spiro atoms. The molecule has 0 aromatic carbocycles. The quantitative estimate of drug-likeness (QED) is 0.780. The second-order valence-electron chi connectivity index (χ2n) is 4.73. The van der Waals surface area contributed by atoms with Gasteiger partial charge in [0.1, 0.15) is 10.7 Å². The first-order valence-electron chi connectivity index (χ1n) is 6.33. The number of carbonyl (C=O) groups is 1. The standard InChI is InChI=1S/C13H14BrN3OS2.2ClH/c1-17(9-2-3-15-5-9)13(18)10-7-20-12(16-10)11-4-8(14)6-19-11;;/h4,6-7,9,15H,2-3,5H2,1H3;2*1H. The van der Waals surface area contributed by atoms with Gasteiger partial charge in [0.25, 0.3) is 5.91 Å². The van der Waals surface area contributed by atoms with E-state index in [4.69, 9.17) is 0 Å². The molecule has 122 valence electrons. The summed E-state index contributed by atoms with van der Waals surface area (Å²) in [5, 5.41) is 8.06. The van der Waals surface area contributed by atoms with Gasteiger partial charge in [-0.05, 0) is 35.0 Å². The first kappa shape index (κ1) is 19.9. The lowest BCUT2D eigenvalue weighted by Crippen LogP contribution is -2.38. The van der Waals surface area contributed by atoms with Crippen LogP contribution in [0.15, 0.2) is 21.3 Å². The van der Waals surface area contributed by atoms with Gasteiger partial charge in [-0.1, -0.05) is 0 Å². The van der Waals surface area contributed by atoms with Gasteiger partial charge in [0.15, 0.2) is 0 Å². The fourth-order valence-electron chi connectivity index (χ4n) is 2.23. The molecule has 2 aromatic rings. The van der Waals surface area contributed by atoms with Gasteiger partial charge in [0.05, 0.1) is 4.88 Å². The third kappa shape index (κ3) is 4.21. The van der Waals surface area contributed by atoms with E-state index in [2.05, 4.69) is 26.2 Å². The number of aromatic nitrogens is 1. The van der Waals surface area contributed by atoms with E-state index < -0.39 is 0 Å². The van der Waals surface area contributed by atoms with Crippen LogP contribution in [0.4, 0.5) is 0 Å². The lowest BCUT2D eigenvalue weighted by Gasteiger charge is -2.22. The van der Waals surface area contributed by atoms with E-state index in [-0.39, 0.29) is 36.8 Å². The van der Waals surface area contributed by atoms with Crippen LogP contribution in [0.5, 0.6) is 0 Å². The van der Waals surface area contributed by atoms with E-state index in [9.17, 15) is 4.79 Å². The zero-order valence-electron chi connectivity index (χ0n) is 11.7. The van der Waals surface area contributed by atoms with Crippen LogP contribution in [0.1, 0.15) is 16.9 Å². The van der Waals surface area contributed by atoms with Crippen LogP contribution < -0.4 is 5.32 Å². The molecule has 1 unspecified atom stereocenters. The lowest BCUT2D eigenvalue weighted by molar-refractivity contribution is 0.0739. The van der Waals surface area contributed by atoms with Gasteiger partial charge in [0.2, 0.25) is 0 Å². The third-order valence-electron chi connectivity index (χ3n) is 3.40. The van der Waals surface area contributed by atoms with E-state index in [1.165, 1.54) is 11.3 Å². The number of thiophene rings is 1. The fraction of sp³-hybridized carbons (Fsp3) is 0.385. The summed E-state index contributed by atoms with van der Waals surface area (Å²) >= 11 is 6.59. The number of likely N-dealkylation sites (N-methyl/N-ethyl adjacent to an activating group) is 1. The van der Waals surface area contributed by atoms with Crippen molar-refractivity contribution in [1.82, 2.24) is 15.2 Å². The summed E-state index contributed by atoms with van der Waals surface area (Å²) in [5.74, 6) is 0.0109. The average Bonchev–Trinajstić information content (AvgIpc) is 3.17. The van der Waals surface area contributed by atoms with Crippen molar-refractivity contribution in [2.45, 2.75) is 12.5 Å². The first-order valence-corrected chi connectivity index (χ1v) is 8.88. The van der Waals surface area contributed by atoms with Gasteiger partial charge < -0.3 is 10.2 Å². The zero-order valence-corrected chi connectivity index (χ0v) is 16.6. The number of hydrogen-bond acceptors (Lipinski definition) is 5.